The van der Waals surface area contributed by atoms with E-state index < -0.39 is 0 Å². The molecule has 5 heteroatoms. The molecule has 0 amide bonds. The van der Waals surface area contributed by atoms with Crippen LogP contribution in [0.1, 0.15) is 43.7 Å². The van der Waals surface area contributed by atoms with Crippen molar-refractivity contribution in [2.75, 3.05) is 13.2 Å². The number of rotatable bonds is 11. The summed E-state index contributed by atoms with van der Waals surface area (Å²) < 4.78 is 10.8. The molecular formula is C24H26N2O3. The maximum Gasteiger partial charge on any atom is 0.333 e. The van der Waals surface area contributed by atoms with Gasteiger partial charge in [0.2, 0.25) is 0 Å². The Kier molecular flexibility index (Phi) is 9.17. The Balaban J connectivity index is 1.62. The second kappa shape index (κ2) is 12.1. The number of unbranched alkanes of at least 4 members (excludes halogenated alkanes) is 3. The van der Waals surface area contributed by atoms with Gasteiger partial charge in [0.25, 0.3) is 0 Å². The summed E-state index contributed by atoms with van der Waals surface area (Å²) in [5.41, 5.74) is 2.85. The lowest BCUT2D eigenvalue weighted by atomic mass is 10.2. The number of hydrogen-bond donors (Lipinski definition) is 0. The van der Waals surface area contributed by atoms with Gasteiger partial charge in [-0.25, -0.2) is 4.79 Å². The van der Waals surface area contributed by atoms with Crippen LogP contribution in [0.3, 0.4) is 0 Å². The van der Waals surface area contributed by atoms with E-state index in [0.29, 0.717) is 24.4 Å². The molecule has 0 spiro atoms. The number of aliphatic imine (C=N–C) groups is 1. The number of nitrogens with zero attached hydrogens (tertiary/aromatic N) is 2. The molecule has 0 N–H and O–H groups in total. The Bertz CT molecular complexity index is 862. The average Bonchev–Trinajstić information content (AvgIpc) is 2.75. The maximum atomic E-state index is 11.2. The third kappa shape index (κ3) is 8.44. The van der Waals surface area contributed by atoms with Crippen molar-refractivity contribution in [3.8, 4) is 11.8 Å². The summed E-state index contributed by atoms with van der Waals surface area (Å²) in [5.74, 6) is 0.496. The summed E-state index contributed by atoms with van der Waals surface area (Å²) in [7, 11) is 0. The SMILES string of the molecule is C=C(C)C(=O)OCCCCCCOc1ccc(N=Cc2ccc(C#N)cc2)cc1. The molecule has 0 saturated heterocycles. The lowest BCUT2D eigenvalue weighted by molar-refractivity contribution is -0.139. The van der Waals surface area contributed by atoms with Crippen LogP contribution in [-0.4, -0.2) is 25.4 Å². The summed E-state index contributed by atoms with van der Waals surface area (Å²) in [6, 6.07) is 17.0. The van der Waals surface area contributed by atoms with Crippen molar-refractivity contribution in [3.05, 3.63) is 71.8 Å². The number of ether oxygens (including phenoxy) is 2. The second-order valence-electron chi connectivity index (χ2n) is 6.66. The van der Waals surface area contributed by atoms with Gasteiger partial charge in [0.05, 0.1) is 30.5 Å². The largest absolute Gasteiger partial charge is 0.494 e. The third-order valence-electron chi connectivity index (χ3n) is 4.13. The lowest BCUT2D eigenvalue weighted by Crippen LogP contribution is -2.06. The summed E-state index contributed by atoms with van der Waals surface area (Å²) in [6.45, 7) is 6.29. The normalized spacial score (nSPS) is 10.5. The van der Waals surface area contributed by atoms with Crippen LogP contribution in [-0.2, 0) is 9.53 Å². The van der Waals surface area contributed by atoms with E-state index in [-0.39, 0.29) is 5.97 Å². The predicted molar refractivity (Wildman–Crippen MR) is 115 cm³/mol. The van der Waals surface area contributed by atoms with Crippen LogP contribution in [0.2, 0.25) is 0 Å². The number of esters is 1. The molecule has 0 heterocycles. The van der Waals surface area contributed by atoms with Crippen LogP contribution in [0.15, 0.2) is 65.7 Å². The molecule has 2 aromatic rings. The highest BCUT2D eigenvalue weighted by molar-refractivity contribution is 5.86. The summed E-state index contributed by atoms with van der Waals surface area (Å²) >= 11 is 0. The molecule has 0 radical (unpaired) electrons. The van der Waals surface area contributed by atoms with Crippen molar-refractivity contribution in [2.45, 2.75) is 32.6 Å². The minimum atomic E-state index is -0.321. The fraction of sp³-hybridized carbons (Fsp3) is 0.292. The molecule has 0 aliphatic rings. The van der Waals surface area contributed by atoms with E-state index in [0.717, 1.165) is 42.7 Å². The monoisotopic (exact) mass is 390 g/mol. The van der Waals surface area contributed by atoms with Crippen LogP contribution < -0.4 is 4.74 Å². The summed E-state index contributed by atoms with van der Waals surface area (Å²) in [5, 5.41) is 8.81. The zero-order valence-corrected chi connectivity index (χ0v) is 16.8. The van der Waals surface area contributed by atoms with Crippen molar-refractivity contribution >= 4 is 17.9 Å². The zero-order valence-electron chi connectivity index (χ0n) is 16.8. The second-order valence-corrected chi connectivity index (χ2v) is 6.66. The Hall–Kier alpha value is -3.39. The molecule has 29 heavy (non-hydrogen) atoms. The molecule has 0 aromatic heterocycles. The Morgan fingerprint density at radius 1 is 1.03 bits per heavy atom. The van der Waals surface area contributed by atoms with Crippen molar-refractivity contribution in [1.82, 2.24) is 0 Å². The molecule has 0 aliphatic heterocycles. The number of nitriles is 1. The molecule has 0 unspecified atom stereocenters. The van der Waals surface area contributed by atoms with E-state index in [4.69, 9.17) is 14.7 Å². The fourth-order valence-electron chi connectivity index (χ4n) is 2.46. The van der Waals surface area contributed by atoms with Crippen molar-refractivity contribution in [3.63, 3.8) is 0 Å². The zero-order chi connectivity index (χ0) is 20.9. The van der Waals surface area contributed by atoms with Gasteiger partial charge in [0, 0.05) is 11.8 Å². The van der Waals surface area contributed by atoms with Gasteiger partial charge in [-0.2, -0.15) is 5.26 Å². The first-order valence-corrected chi connectivity index (χ1v) is 9.68. The van der Waals surface area contributed by atoms with E-state index in [2.05, 4.69) is 17.6 Å². The van der Waals surface area contributed by atoms with E-state index in [1.54, 1.807) is 25.3 Å². The van der Waals surface area contributed by atoms with Crippen LogP contribution in [0.5, 0.6) is 5.75 Å². The maximum absolute atomic E-state index is 11.2. The minimum absolute atomic E-state index is 0.321. The van der Waals surface area contributed by atoms with E-state index in [1.807, 2.05) is 36.4 Å². The highest BCUT2D eigenvalue weighted by atomic mass is 16.5. The van der Waals surface area contributed by atoms with Crippen LogP contribution in [0.4, 0.5) is 5.69 Å². The average molecular weight is 390 g/mol. The van der Waals surface area contributed by atoms with Gasteiger partial charge in [-0.1, -0.05) is 18.7 Å². The number of hydrogen-bond acceptors (Lipinski definition) is 5. The topological polar surface area (TPSA) is 71.7 Å². The highest BCUT2D eigenvalue weighted by Crippen LogP contribution is 2.18. The summed E-state index contributed by atoms with van der Waals surface area (Å²) in [6.07, 6.45) is 5.59. The van der Waals surface area contributed by atoms with Crippen LogP contribution in [0.25, 0.3) is 0 Å². The molecule has 2 aromatic carbocycles. The first kappa shape index (κ1) is 21.9. The predicted octanol–water partition coefficient (Wildman–Crippen LogP) is 5.37. The van der Waals surface area contributed by atoms with E-state index in [9.17, 15) is 4.79 Å². The third-order valence-corrected chi connectivity index (χ3v) is 4.13. The van der Waals surface area contributed by atoms with Gasteiger partial charge in [-0.15, -0.1) is 0 Å². The molecule has 150 valence electrons. The van der Waals surface area contributed by atoms with Crippen molar-refractivity contribution in [1.29, 1.82) is 5.26 Å². The van der Waals surface area contributed by atoms with Gasteiger partial charge in [-0.3, -0.25) is 4.99 Å². The number of benzene rings is 2. The minimum Gasteiger partial charge on any atom is -0.494 e. The molecule has 2 rings (SSSR count). The first-order valence-electron chi connectivity index (χ1n) is 9.68. The van der Waals surface area contributed by atoms with Gasteiger partial charge in [0.1, 0.15) is 5.75 Å². The van der Waals surface area contributed by atoms with Crippen LogP contribution >= 0.6 is 0 Å². The molecule has 0 fully saturated rings. The number of carbonyl (C=O) groups excluding carboxylic acids is 1. The number of carbonyl (C=O) groups is 1. The lowest BCUT2D eigenvalue weighted by Gasteiger charge is -2.07. The smallest absolute Gasteiger partial charge is 0.333 e. The quantitative estimate of drug-likeness (QED) is 0.224. The Morgan fingerprint density at radius 3 is 2.31 bits per heavy atom. The molecule has 0 bridgehead atoms. The van der Waals surface area contributed by atoms with Crippen LogP contribution in [0, 0.1) is 11.3 Å². The Labute approximate surface area is 172 Å². The summed E-state index contributed by atoms with van der Waals surface area (Å²) in [4.78, 5) is 15.7. The van der Waals surface area contributed by atoms with Crippen molar-refractivity contribution in [2.24, 2.45) is 4.99 Å². The standard InChI is InChI=1S/C24H26N2O3/c1-19(2)24(27)29-16-6-4-3-5-15-28-23-13-11-22(12-14-23)26-18-21-9-7-20(17-25)8-10-21/h7-14,18H,1,3-6,15-16H2,2H3. The van der Waals surface area contributed by atoms with Gasteiger partial charge >= 0.3 is 5.97 Å². The molecule has 0 atom stereocenters. The van der Waals surface area contributed by atoms with E-state index >= 15 is 0 Å². The van der Waals surface area contributed by atoms with Crippen molar-refractivity contribution < 1.29 is 14.3 Å². The molecule has 0 saturated carbocycles. The van der Waals surface area contributed by atoms with Gasteiger partial charge in [-0.05, 0) is 74.6 Å². The Morgan fingerprint density at radius 2 is 1.69 bits per heavy atom. The van der Waals surface area contributed by atoms with E-state index in [1.165, 1.54) is 0 Å². The molecule has 5 nitrogen and oxygen atoms in total. The van der Waals surface area contributed by atoms with Gasteiger partial charge in [0.15, 0.2) is 0 Å². The van der Waals surface area contributed by atoms with Gasteiger partial charge < -0.3 is 9.47 Å². The fourth-order valence-corrected chi connectivity index (χ4v) is 2.46. The first-order chi connectivity index (χ1) is 14.1. The highest BCUT2D eigenvalue weighted by Gasteiger charge is 2.02. The molecular weight excluding hydrogens is 364 g/mol. The molecule has 0 aliphatic carbocycles.